The number of carbonyl (C=O) groups is 3. The summed E-state index contributed by atoms with van der Waals surface area (Å²) in [5, 5.41) is 14.7. The monoisotopic (exact) mass is 480 g/mol. The number of ether oxygens (including phenoxy) is 2. The smallest absolute Gasteiger partial charge is 0.407 e. The van der Waals surface area contributed by atoms with Crippen molar-refractivity contribution >= 4 is 18.0 Å². The largest absolute Gasteiger partial charge is 0.481 e. The van der Waals surface area contributed by atoms with Crippen LogP contribution < -0.4 is 10.6 Å². The van der Waals surface area contributed by atoms with Crippen LogP contribution in [0.2, 0.25) is 0 Å². The fourth-order valence-electron chi connectivity index (χ4n) is 5.06. The van der Waals surface area contributed by atoms with Gasteiger partial charge >= 0.3 is 12.1 Å². The maximum atomic E-state index is 12.7. The molecule has 1 heterocycles. The first-order chi connectivity index (χ1) is 17.0. The van der Waals surface area contributed by atoms with E-state index in [1.807, 2.05) is 31.2 Å². The van der Waals surface area contributed by atoms with Gasteiger partial charge in [0.15, 0.2) is 0 Å². The molecule has 3 N–H and O–H groups in total. The lowest BCUT2D eigenvalue weighted by Gasteiger charge is -2.22. The summed E-state index contributed by atoms with van der Waals surface area (Å²) < 4.78 is 11.2. The maximum Gasteiger partial charge on any atom is 0.407 e. The molecular weight excluding hydrogens is 448 g/mol. The number of carboxylic acids is 1. The number of amides is 2. The second-order valence-electron chi connectivity index (χ2n) is 9.14. The van der Waals surface area contributed by atoms with Crippen molar-refractivity contribution in [3.05, 3.63) is 59.7 Å². The lowest BCUT2D eigenvalue weighted by Crippen LogP contribution is -2.46. The van der Waals surface area contributed by atoms with Gasteiger partial charge in [0.05, 0.1) is 6.42 Å². The Bertz CT molecular complexity index is 1030. The molecule has 8 nitrogen and oxygen atoms in total. The van der Waals surface area contributed by atoms with Gasteiger partial charge in [0.2, 0.25) is 5.91 Å². The van der Waals surface area contributed by atoms with E-state index in [2.05, 4.69) is 34.9 Å². The molecular formula is C27H32N2O6. The van der Waals surface area contributed by atoms with Crippen molar-refractivity contribution in [2.24, 2.45) is 5.92 Å². The Hall–Kier alpha value is -3.39. The Morgan fingerprint density at radius 3 is 2.37 bits per heavy atom. The van der Waals surface area contributed by atoms with Crippen LogP contribution in [0.3, 0.4) is 0 Å². The Kier molecular flexibility index (Phi) is 8.02. The third kappa shape index (κ3) is 5.82. The number of carboxylic acid groups (broad SMARTS) is 1. The molecule has 8 heteroatoms. The highest BCUT2D eigenvalue weighted by molar-refractivity contribution is 5.82. The highest BCUT2D eigenvalue weighted by Crippen LogP contribution is 2.44. The van der Waals surface area contributed by atoms with Crippen LogP contribution in [0.1, 0.15) is 49.7 Å². The van der Waals surface area contributed by atoms with Crippen molar-refractivity contribution in [3.8, 4) is 11.1 Å². The summed E-state index contributed by atoms with van der Waals surface area (Å²) in [6, 6.07) is 15.9. The molecule has 1 aliphatic heterocycles. The maximum absolute atomic E-state index is 12.7. The fourth-order valence-corrected chi connectivity index (χ4v) is 5.06. The molecule has 0 bridgehead atoms. The number of benzene rings is 2. The Morgan fingerprint density at radius 1 is 1.09 bits per heavy atom. The molecule has 35 heavy (non-hydrogen) atoms. The number of hydrogen-bond acceptors (Lipinski definition) is 5. The molecule has 1 saturated heterocycles. The number of aliphatic carboxylic acids is 1. The molecule has 0 unspecified atom stereocenters. The number of nitrogens with one attached hydrogen (secondary N) is 2. The predicted octanol–water partition coefficient (Wildman–Crippen LogP) is 3.69. The zero-order valence-electron chi connectivity index (χ0n) is 19.9. The van der Waals surface area contributed by atoms with E-state index >= 15 is 0 Å². The van der Waals surface area contributed by atoms with Crippen LogP contribution in [0.15, 0.2) is 48.5 Å². The van der Waals surface area contributed by atoms with E-state index in [-0.39, 0.29) is 37.3 Å². The lowest BCUT2D eigenvalue weighted by atomic mass is 9.98. The minimum atomic E-state index is -0.954. The molecule has 2 aromatic carbocycles. The molecule has 2 aromatic rings. The minimum absolute atomic E-state index is 0.0220. The molecule has 2 amide bonds. The van der Waals surface area contributed by atoms with Gasteiger partial charge in [0.1, 0.15) is 12.7 Å². The third-order valence-electron chi connectivity index (χ3n) is 6.73. The van der Waals surface area contributed by atoms with Gasteiger partial charge in [-0.25, -0.2) is 4.79 Å². The summed E-state index contributed by atoms with van der Waals surface area (Å²) in [5.74, 6) is -1.51. The number of rotatable bonds is 10. The molecule has 1 fully saturated rings. The molecule has 1 aliphatic carbocycles. The average molecular weight is 481 g/mol. The van der Waals surface area contributed by atoms with Crippen molar-refractivity contribution in [1.82, 2.24) is 10.6 Å². The van der Waals surface area contributed by atoms with Crippen LogP contribution in [0.4, 0.5) is 4.79 Å². The van der Waals surface area contributed by atoms with Gasteiger partial charge in [0.25, 0.3) is 0 Å². The van der Waals surface area contributed by atoms with Gasteiger partial charge in [-0.1, -0.05) is 61.9 Å². The van der Waals surface area contributed by atoms with Crippen LogP contribution in [0.25, 0.3) is 11.1 Å². The molecule has 4 rings (SSSR count). The normalized spacial score (nSPS) is 19.5. The van der Waals surface area contributed by atoms with Crippen LogP contribution >= 0.6 is 0 Å². The SMILES string of the molecule is CCC[C@@H](CC(=O)O)NC(=O)[C@H]1OCC[C@H]1CNC(=O)OCC1c2ccccc2-c2ccccc21. The number of hydrogen-bond donors (Lipinski definition) is 3. The molecule has 2 aliphatic rings. The summed E-state index contributed by atoms with van der Waals surface area (Å²) in [5.41, 5.74) is 4.62. The van der Waals surface area contributed by atoms with E-state index < -0.39 is 24.2 Å². The quantitative estimate of drug-likeness (QED) is 0.478. The van der Waals surface area contributed by atoms with Crippen LogP contribution in [0.5, 0.6) is 0 Å². The second kappa shape index (κ2) is 11.4. The predicted molar refractivity (Wildman–Crippen MR) is 130 cm³/mol. The Labute approximate surface area is 205 Å². The first-order valence-corrected chi connectivity index (χ1v) is 12.2. The lowest BCUT2D eigenvalue weighted by molar-refractivity contribution is -0.138. The topological polar surface area (TPSA) is 114 Å². The van der Waals surface area contributed by atoms with E-state index in [0.29, 0.717) is 19.4 Å². The van der Waals surface area contributed by atoms with E-state index in [0.717, 1.165) is 17.5 Å². The molecule has 0 radical (unpaired) electrons. The van der Waals surface area contributed by atoms with Crippen molar-refractivity contribution < 1.29 is 29.0 Å². The Morgan fingerprint density at radius 2 is 1.74 bits per heavy atom. The highest BCUT2D eigenvalue weighted by atomic mass is 16.5. The minimum Gasteiger partial charge on any atom is -0.481 e. The second-order valence-corrected chi connectivity index (χ2v) is 9.14. The van der Waals surface area contributed by atoms with Crippen molar-refractivity contribution in [1.29, 1.82) is 0 Å². The summed E-state index contributed by atoms with van der Waals surface area (Å²) in [6.45, 7) is 2.81. The van der Waals surface area contributed by atoms with Gasteiger partial charge in [-0.05, 0) is 35.1 Å². The van der Waals surface area contributed by atoms with Gasteiger partial charge in [0, 0.05) is 31.0 Å². The van der Waals surface area contributed by atoms with Crippen molar-refractivity contribution in [2.75, 3.05) is 19.8 Å². The summed E-state index contributed by atoms with van der Waals surface area (Å²) in [6.07, 6.45) is 0.572. The Balaban J connectivity index is 1.29. The first-order valence-electron chi connectivity index (χ1n) is 12.2. The first kappa shape index (κ1) is 24.7. The van der Waals surface area contributed by atoms with Crippen molar-refractivity contribution in [3.63, 3.8) is 0 Å². The van der Waals surface area contributed by atoms with Gasteiger partial charge in [-0.2, -0.15) is 0 Å². The van der Waals surface area contributed by atoms with E-state index in [1.54, 1.807) is 0 Å². The summed E-state index contributed by atoms with van der Waals surface area (Å²) >= 11 is 0. The zero-order chi connectivity index (χ0) is 24.8. The van der Waals surface area contributed by atoms with Crippen LogP contribution in [0, 0.1) is 5.92 Å². The van der Waals surface area contributed by atoms with Gasteiger partial charge in [-0.3, -0.25) is 9.59 Å². The van der Waals surface area contributed by atoms with E-state index in [9.17, 15) is 14.4 Å². The molecule has 3 atom stereocenters. The van der Waals surface area contributed by atoms with Gasteiger partial charge in [-0.15, -0.1) is 0 Å². The van der Waals surface area contributed by atoms with Gasteiger partial charge < -0.3 is 25.2 Å². The van der Waals surface area contributed by atoms with E-state index in [4.69, 9.17) is 14.6 Å². The third-order valence-corrected chi connectivity index (χ3v) is 6.73. The van der Waals surface area contributed by atoms with Crippen LogP contribution in [-0.2, 0) is 19.1 Å². The molecule has 0 spiro atoms. The number of carbonyl (C=O) groups excluding carboxylic acids is 2. The number of alkyl carbamates (subject to hydrolysis) is 1. The van der Waals surface area contributed by atoms with Crippen molar-refractivity contribution in [2.45, 2.75) is 50.7 Å². The zero-order valence-corrected chi connectivity index (χ0v) is 19.9. The molecule has 186 valence electrons. The fraction of sp³-hybridized carbons (Fsp3) is 0.444. The average Bonchev–Trinajstić information content (AvgIpc) is 3.44. The van der Waals surface area contributed by atoms with E-state index in [1.165, 1.54) is 11.1 Å². The van der Waals surface area contributed by atoms with Crippen LogP contribution in [-0.4, -0.2) is 55.0 Å². The summed E-state index contributed by atoms with van der Waals surface area (Å²) in [7, 11) is 0. The molecule has 0 aromatic heterocycles. The summed E-state index contributed by atoms with van der Waals surface area (Å²) in [4.78, 5) is 36.3. The number of fused-ring (bicyclic) bond motifs is 3. The standard InChI is InChI=1S/C27H32N2O6/c1-2-7-18(14-24(30)31)29-26(32)25-17(12-13-34-25)15-28-27(33)35-16-23-21-10-5-3-8-19(21)20-9-4-6-11-22(20)23/h3-6,8-11,17-18,23,25H,2,7,12-16H2,1H3,(H,28,33)(H,29,32)(H,30,31)/t17-,18-,25-/m0/s1. The molecule has 0 saturated carbocycles. The highest BCUT2D eigenvalue weighted by Gasteiger charge is 2.36.